The van der Waals surface area contributed by atoms with Crippen LogP contribution in [0.5, 0.6) is 0 Å². The smallest absolute Gasteiger partial charge is 0.0488 e. The Balaban J connectivity index is 2.26. The minimum atomic E-state index is 0.161. The van der Waals surface area contributed by atoms with Gasteiger partial charge in [-0.15, -0.1) is 0 Å². The summed E-state index contributed by atoms with van der Waals surface area (Å²) in [6.45, 7) is 3.77. The van der Waals surface area contributed by atoms with Crippen LogP contribution in [0.4, 0.5) is 0 Å². The van der Waals surface area contributed by atoms with Gasteiger partial charge < -0.3 is 5.73 Å². The molecule has 2 rings (SSSR count). The van der Waals surface area contributed by atoms with Crippen LogP contribution in [-0.2, 0) is 0 Å². The Bertz CT molecular complexity index is 430. The van der Waals surface area contributed by atoms with Gasteiger partial charge in [0.2, 0.25) is 0 Å². The summed E-state index contributed by atoms with van der Waals surface area (Å²) in [6, 6.07) is 6.45. The highest BCUT2D eigenvalue weighted by Gasteiger charge is 2.28. The minimum absolute atomic E-state index is 0.161. The largest absolute Gasteiger partial charge is 0.329 e. The Morgan fingerprint density at radius 2 is 1.95 bits per heavy atom. The van der Waals surface area contributed by atoms with E-state index in [9.17, 15) is 0 Å². The van der Waals surface area contributed by atoms with Crippen molar-refractivity contribution in [3.63, 3.8) is 0 Å². The molecular formula is C16H24Cl2N2. The van der Waals surface area contributed by atoms with E-state index in [4.69, 9.17) is 28.9 Å². The minimum Gasteiger partial charge on any atom is -0.329 e. The molecule has 112 valence electrons. The highest BCUT2D eigenvalue weighted by atomic mass is 35.5. The molecule has 20 heavy (non-hydrogen) atoms. The van der Waals surface area contributed by atoms with Crippen molar-refractivity contribution in [1.29, 1.82) is 0 Å². The van der Waals surface area contributed by atoms with E-state index >= 15 is 0 Å². The number of hydrogen-bond donors (Lipinski definition) is 1. The predicted molar refractivity (Wildman–Crippen MR) is 87.5 cm³/mol. The van der Waals surface area contributed by atoms with Crippen LogP contribution < -0.4 is 5.73 Å². The SMILES string of the molecule is CCN(C1CCCCC1)C(CN)c1cc(Cl)ccc1Cl. The summed E-state index contributed by atoms with van der Waals surface area (Å²) in [4.78, 5) is 2.51. The third-order valence-electron chi connectivity index (χ3n) is 4.35. The molecule has 0 radical (unpaired) electrons. The molecule has 0 spiro atoms. The molecule has 1 atom stereocenters. The zero-order chi connectivity index (χ0) is 14.5. The van der Waals surface area contributed by atoms with Gasteiger partial charge in [-0.1, -0.05) is 49.4 Å². The van der Waals surface area contributed by atoms with Gasteiger partial charge in [0, 0.05) is 28.7 Å². The first-order chi connectivity index (χ1) is 9.67. The average molecular weight is 315 g/mol. The van der Waals surface area contributed by atoms with Crippen molar-refractivity contribution in [2.24, 2.45) is 5.73 Å². The molecule has 1 saturated carbocycles. The van der Waals surface area contributed by atoms with Gasteiger partial charge in [0.15, 0.2) is 0 Å². The zero-order valence-electron chi connectivity index (χ0n) is 12.1. The maximum Gasteiger partial charge on any atom is 0.0488 e. The van der Waals surface area contributed by atoms with Crippen LogP contribution in [0.3, 0.4) is 0 Å². The quantitative estimate of drug-likeness (QED) is 0.857. The van der Waals surface area contributed by atoms with Gasteiger partial charge >= 0.3 is 0 Å². The molecule has 4 heteroatoms. The van der Waals surface area contributed by atoms with Gasteiger partial charge in [-0.25, -0.2) is 0 Å². The third-order valence-corrected chi connectivity index (χ3v) is 4.93. The summed E-state index contributed by atoms with van der Waals surface area (Å²) >= 11 is 12.5. The molecule has 1 aliphatic rings. The molecule has 2 nitrogen and oxygen atoms in total. The fraction of sp³-hybridized carbons (Fsp3) is 0.625. The summed E-state index contributed by atoms with van der Waals surface area (Å²) in [5.74, 6) is 0. The van der Waals surface area contributed by atoms with Crippen LogP contribution in [0.25, 0.3) is 0 Å². The van der Waals surface area contributed by atoms with Crippen molar-refractivity contribution in [2.45, 2.75) is 51.1 Å². The van der Waals surface area contributed by atoms with E-state index in [2.05, 4.69) is 11.8 Å². The van der Waals surface area contributed by atoms with Gasteiger partial charge in [0.05, 0.1) is 0 Å². The van der Waals surface area contributed by atoms with E-state index in [-0.39, 0.29) is 6.04 Å². The lowest BCUT2D eigenvalue weighted by atomic mass is 9.92. The normalized spacial score (nSPS) is 18.4. The Labute approximate surface area is 132 Å². The van der Waals surface area contributed by atoms with Gasteiger partial charge in [0.25, 0.3) is 0 Å². The van der Waals surface area contributed by atoms with Crippen molar-refractivity contribution < 1.29 is 0 Å². The first kappa shape index (κ1) is 16.1. The van der Waals surface area contributed by atoms with Gasteiger partial charge in [-0.05, 0) is 43.1 Å². The Morgan fingerprint density at radius 1 is 1.25 bits per heavy atom. The summed E-state index contributed by atoms with van der Waals surface area (Å²) in [7, 11) is 0. The summed E-state index contributed by atoms with van der Waals surface area (Å²) < 4.78 is 0. The van der Waals surface area contributed by atoms with E-state index < -0.39 is 0 Å². The molecule has 1 fully saturated rings. The van der Waals surface area contributed by atoms with Crippen LogP contribution in [0.2, 0.25) is 10.0 Å². The number of nitrogens with two attached hydrogens (primary N) is 1. The van der Waals surface area contributed by atoms with E-state index in [0.717, 1.165) is 22.2 Å². The summed E-state index contributed by atoms with van der Waals surface area (Å²) in [5.41, 5.74) is 7.13. The first-order valence-electron chi connectivity index (χ1n) is 7.58. The molecule has 0 heterocycles. The fourth-order valence-corrected chi connectivity index (χ4v) is 3.78. The molecule has 2 N–H and O–H groups in total. The van der Waals surface area contributed by atoms with Gasteiger partial charge in [-0.3, -0.25) is 4.90 Å². The van der Waals surface area contributed by atoms with Crippen molar-refractivity contribution >= 4 is 23.2 Å². The maximum absolute atomic E-state index is 6.37. The van der Waals surface area contributed by atoms with E-state index in [0.29, 0.717) is 12.6 Å². The molecule has 1 aromatic carbocycles. The zero-order valence-corrected chi connectivity index (χ0v) is 13.6. The predicted octanol–water partition coefficient (Wildman–Crippen LogP) is 4.65. The lowest BCUT2D eigenvalue weighted by molar-refractivity contribution is 0.114. The van der Waals surface area contributed by atoms with Crippen molar-refractivity contribution in [3.05, 3.63) is 33.8 Å². The van der Waals surface area contributed by atoms with Crippen LogP contribution in [0.15, 0.2) is 18.2 Å². The van der Waals surface area contributed by atoms with E-state index in [1.807, 2.05) is 18.2 Å². The second kappa shape index (κ2) is 7.65. The molecule has 0 bridgehead atoms. The lowest BCUT2D eigenvalue weighted by Crippen LogP contribution is -2.42. The van der Waals surface area contributed by atoms with Gasteiger partial charge in [0.1, 0.15) is 0 Å². The highest BCUT2D eigenvalue weighted by Crippen LogP contribution is 2.34. The molecule has 1 unspecified atom stereocenters. The lowest BCUT2D eigenvalue weighted by Gasteiger charge is -2.39. The van der Waals surface area contributed by atoms with Crippen molar-refractivity contribution in [1.82, 2.24) is 4.90 Å². The monoisotopic (exact) mass is 314 g/mol. The fourth-order valence-electron chi connectivity index (χ4n) is 3.36. The molecule has 1 aliphatic carbocycles. The molecule has 0 saturated heterocycles. The molecule has 0 aromatic heterocycles. The maximum atomic E-state index is 6.37. The third kappa shape index (κ3) is 3.67. The first-order valence-corrected chi connectivity index (χ1v) is 8.33. The van der Waals surface area contributed by atoms with Crippen molar-refractivity contribution in [2.75, 3.05) is 13.1 Å². The van der Waals surface area contributed by atoms with E-state index in [1.165, 1.54) is 32.1 Å². The molecule has 0 aliphatic heterocycles. The standard InChI is InChI=1S/C16H24Cl2N2/c1-2-20(13-6-4-3-5-7-13)16(11-19)14-10-12(17)8-9-15(14)18/h8-10,13,16H,2-7,11,19H2,1H3. The summed E-state index contributed by atoms with van der Waals surface area (Å²) in [6.07, 6.45) is 6.54. The number of halogens is 2. The second-order valence-corrected chi connectivity index (χ2v) is 6.38. The molecule has 0 amide bonds. The Kier molecular flexibility index (Phi) is 6.16. The van der Waals surface area contributed by atoms with Crippen LogP contribution >= 0.6 is 23.2 Å². The highest BCUT2D eigenvalue weighted by molar-refractivity contribution is 6.33. The Morgan fingerprint density at radius 3 is 2.55 bits per heavy atom. The molecule has 1 aromatic rings. The number of likely N-dealkylation sites (N-methyl/N-ethyl adjacent to an activating group) is 1. The number of rotatable bonds is 5. The average Bonchev–Trinajstić information content (AvgIpc) is 2.48. The number of benzene rings is 1. The number of nitrogens with zero attached hydrogens (tertiary/aromatic N) is 1. The van der Waals surface area contributed by atoms with Crippen LogP contribution in [0, 0.1) is 0 Å². The van der Waals surface area contributed by atoms with Crippen LogP contribution in [-0.4, -0.2) is 24.0 Å². The van der Waals surface area contributed by atoms with Gasteiger partial charge in [-0.2, -0.15) is 0 Å². The molecular weight excluding hydrogens is 291 g/mol. The second-order valence-electron chi connectivity index (χ2n) is 5.54. The topological polar surface area (TPSA) is 29.3 Å². The Hall–Kier alpha value is -0.280. The van der Waals surface area contributed by atoms with E-state index in [1.54, 1.807) is 0 Å². The number of hydrogen-bond acceptors (Lipinski definition) is 2. The van der Waals surface area contributed by atoms with Crippen molar-refractivity contribution in [3.8, 4) is 0 Å². The summed E-state index contributed by atoms with van der Waals surface area (Å²) in [5, 5.41) is 1.49. The van der Waals surface area contributed by atoms with Crippen LogP contribution in [0.1, 0.15) is 50.6 Å².